The van der Waals surface area contributed by atoms with E-state index in [-0.39, 0.29) is 11.4 Å². The number of hydrogen-bond acceptors (Lipinski definition) is 13. The van der Waals surface area contributed by atoms with Gasteiger partial charge >= 0.3 is 0 Å². The van der Waals surface area contributed by atoms with E-state index >= 15 is 0 Å². The van der Waals surface area contributed by atoms with Crippen molar-refractivity contribution in [3.8, 4) is 11.6 Å². The van der Waals surface area contributed by atoms with E-state index in [0.717, 1.165) is 28.9 Å². The van der Waals surface area contributed by atoms with Gasteiger partial charge in [0.15, 0.2) is 0 Å². The van der Waals surface area contributed by atoms with Crippen LogP contribution in [0.4, 0.5) is 11.4 Å². The monoisotopic (exact) mass is 464 g/mol. The molecule has 31 heavy (non-hydrogen) atoms. The predicted octanol–water partition coefficient (Wildman–Crippen LogP) is -0.141. The van der Waals surface area contributed by atoms with Crippen molar-refractivity contribution in [3.05, 3.63) is 54.2 Å². The second-order valence-corrected chi connectivity index (χ2v) is 7.72. The number of hydrogen-bond donors (Lipinski definition) is 0. The molecule has 0 radical (unpaired) electrons. The molecule has 0 spiro atoms. The van der Waals surface area contributed by atoms with Crippen LogP contribution in [0.25, 0.3) is 5.69 Å². The molecule has 0 aliphatic heterocycles. The molecule has 162 valence electrons. The molecule has 0 unspecified atom stereocenters. The van der Waals surface area contributed by atoms with Gasteiger partial charge in [0.2, 0.25) is 0 Å². The fourth-order valence-electron chi connectivity index (χ4n) is 2.28. The van der Waals surface area contributed by atoms with Crippen LogP contribution < -0.4 is 15.5 Å². The van der Waals surface area contributed by atoms with E-state index in [4.69, 9.17) is 0 Å². The summed E-state index contributed by atoms with van der Waals surface area (Å²) in [6.07, 6.45) is 0. The molecule has 1 aromatic heterocycles. The third-order valence-corrected chi connectivity index (χ3v) is 5.08. The quantitative estimate of drug-likeness (QED) is 0.141. The number of aromatic nitrogens is 2. The number of azo groups is 1. The second kappa shape index (κ2) is 9.21. The topological polar surface area (TPSA) is 204 Å². The Hall–Kier alpha value is -3.34. The summed E-state index contributed by atoms with van der Waals surface area (Å²) in [6, 6.07) is 9.95. The Labute approximate surface area is 178 Å². The predicted molar refractivity (Wildman–Crippen MR) is 93.9 cm³/mol. The normalized spacial score (nSPS) is 11.8. The Morgan fingerprint density at radius 1 is 1.06 bits per heavy atom. The Morgan fingerprint density at radius 3 is 2.26 bits per heavy atom. The Balaban J connectivity index is 1.93. The molecular formula is C16H8N4O9S2-4. The van der Waals surface area contributed by atoms with E-state index in [0.29, 0.717) is 16.9 Å². The summed E-state index contributed by atoms with van der Waals surface area (Å²) in [4.78, 5) is 11.3. The highest BCUT2D eigenvalue weighted by molar-refractivity contribution is 7.94. The van der Waals surface area contributed by atoms with Gasteiger partial charge in [-0.05, 0) is 48.5 Å². The summed E-state index contributed by atoms with van der Waals surface area (Å²) in [7, 11) is -4.65. The lowest BCUT2D eigenvalue weighted by Gasteiger charge is -2.11. The molecule has 0 aliphatic rings. The first-order valence-corrected chi connectivity index (χ1v) is 10.1. The van der Waals surface area contributed by atoms with Crippen molar-refractivity contribution in [2.45, 2.75) is 9.79 Å². The molecule has 2 aromatic carbocycles. The summed E-state index contributed by atoms with van der Waals surface area (Å²) in [5, 5.41) is 48.0. The van der Waals surface area contributed by atoms with Crippen LogP contribution >= 0.6 is 12.0 Å². The van der Waals surface area contributed by atoms with Crippen LogP contribution in [0.2, 0.25) is 0 Å². The van der Waals surface area contributed by atoms with Crippen molar-refractivity contribution >= 4 is 39.5 Å². The highest BCUT2D eigenvalue weighted by Gasteiger charge is 2.14. The number of rotatable bonds is 8. The molecule has 0 atom stereocenters. The largest absolute Gasteiger partial charge is 0.857 e. The van der Waals surface area contributed by atoms with E-state index in [1.807, 2.05) is 0 Å². The smallest absolute Gasteiger partial charge is 0.135 e. The highest BCUT2D eigenvalue weighted by atomic mass is 32.2. The van der Waals surface area contributed by atoms with Gasteiger partial charge in [-0.25, -0.2) is 13.1 Å². The lowest BCUT2D eigenvalue weighted by molar-refractivity contribution is -0.777. The minimum Gasteiger partial charge on any atom is -0.857 e. The van der Waals surface area contributed by atoms with Crippen molar-refractivity contribution in [1.29, 1.82) is 0 Å². The number of nitrogens with zero attached hydrogens (tertiary/aromatic N) is 4. The van der Waals surface area contributed by atoms with E-state index in [2.05, 4.69) is 24.7 Å². The second-order valence-electron chi connectivity index (χ2n) is 5.56. The Morgan fingerprint density at radius 2 is 1.71 bits per heavy atom. The number of carbonyl (C=O) groups excluding carboxylic acids is 1. The standard InChI is InChI=1S/C16H12N4O9S2/c21-15-13(18-17-9-1-7-12(8-2-9)31(25,26)27)14(16(22)23)19-20(15)10-3-5-11(6-4-10)30-29-28-24/h1-8,21,24H,(H,22,23)(H,25,26,27)/p-4. The molecule has 0 amide bonds. The fraction of sp³-hybridized carbons (Fsp3) is 0. The molecule has 1 heterocycles. The van der Waals surface area contributed by atoms with E-state index in [1.165, 1.54) is 24.3 Å². The van der Waals surface area contributed by atoms with E-state index in [1.54, 1.807) is 0 Å². The molecule has 0 fully saturated rings. The van der Waals surface area contributed by atoms with Crippen LogP contribution in [0.1, 0.15) is 10.5 Å². The van der Waals surface area contributed by atoms with Crippen LogP contribution in [0.3, 0.4) is 0 Å². The molecule has 0 saturated heterocycles. The van der Waals surface area contributed by atoms with Crippen LogP contribution in [-0.4, -0.2) is 28.7 Å². The lowest BCUT2D eigenvalue weighted by atomic mass is 10.3. The number of benzene rings is 2. The van der Waals surface area contributed by atoms with Gasteiger partial charge in [0.1, 0.15) is 21.5 Å². The van der Waals surface area contributed by atoms with Gasteiger partial charge in [-0.15, -0.1) is 5.11 Å². The van der Waals surface area contributed by atoms with Crippen LogP contribution in [-0.2, 0) is 19.5 Å². The maximum absolute atomic E-state index is 12.6. The SMILES string of the molecule is O=C([O-])c1nn(-c2ccc(SOO[O-])cc2)c([O-])c1N=Nc1ccc(S(=O)(=O)[O-])cc1. The summed E-state index contributed by atoms with van der Waals surface area (Å²) in [5.74, 6) is -2.69. The van der Waals surface area contributed by atoms with Gasteiger partial charge in [-0.3, -0.25) is 5.04 Å². The molecule has 15 heteroatoms. The van der Waals surface area contributed by atoms with Crippen molar-refractivity contribution in [1.82, 2.24) is 9.78 Å². The third kappa shape index (κ3) is 5.23. The van der Waals surface area contributed by atoms with Crippen molar-refractivity contribution in [2.75, 3.05) is 0 Å². The average molecular weight is 464 g/mol. The summed E-state index contributed by atoms with van der Waals surface area (Å²) in [5.41, 5.74) is -1.17. The molecule has 13 nitrogen and oxygen atoms in total. The average Bonchev–Trinajstić information content (AvgIpc) is 3.07. The zero-order valence-corrected chi connectivity index (χ0v) is 16.5. The first kappa shape index (κ1) is 22.3. The first-order valence-electron chi connectivity index (χ1n) is 7.93. The van der Waals surface area contributed by atoms with Crippen LogP contribution in [0.15, 0.2) is 68.6 Å². The van der Waals surface area contributed by atoms with Gasteiger partial charge in [0.25, 0.3) is 0 Å². The zero-order chi connectivity index (χ0) is 22.6. The molecular weight excluding hydrogens is 456 g/mol. The van der Waals surface area contributed by atoms with Crippen LogP contribution in [0, 0.1) is 0 Å². The fourth-order valence-corrected chi connectivity index (χ4v) is 3.10. The maximum Gasteiger partial charge on any atom is 0.135 e. The molecule has 0 N–H and O–H groups in total. The molecule has 3 aromatic rings. The number of aromatic carboxylic acids is 1. The minimum absolute atomic E-state index is 0.0471. The van der Waals surface area contributed by atoms with Crippen molar-refractivity contribution in [2.24, 2.45) is 10.2 Å². The summed E-state index contributed by atoms with van der Waals surface area (Å²) >= 11 is 0.613. The third-order valence-electron chi connectivity index (χ3n) is 3.64. The number of carbonyl (C=O) groups is 1. The van der Waals surface area contributed by atoms with Gasteiger partial charge in [-0.2, -0.15) is 14.5 Å². The summed E-state index contributed by atoms with van der Waals surface area (Å²) < 4.78 is 37.7. The van der Waals surface area contributed by atoms with Crippen LogP contribution in [0.5, 0.6) is 5.88 Å². The maximum atomic E-state index is 12.6. The molecule has 0 aliphatic carbocycles. The van der Waals surface area contributed by atoms with E-state index < -0.39 is 38.2 Å². The van der Waals surface area contributed by atoms with Gasteiger partial charge < -0.3 is 24.8 Å². The molecule has 0 saturated carbocycles. The number of carboxylic acids is 1. The minimum atomic E-state index is -4.65. The highest BCUT2D eigenvalue weighted by Crippen LogP contribution is 2.32. The molecule has 3 rings (SSSR count). The van der Waals surface area contributed by atoms with Gasteiger partial charge in [0.05, 0.1) is 34.3 Å². The van der Waals surface area contributed by atoms with Gasteiger partial charge in [0, 0.05) is 10.8 Å². The summed E-state index contributed by atoms with van der Waals surface area (Å²) in [6.45, 7) is 0. The first-order chi connectivity index (χ1) is 14.7. The Bertz CT molecular complexity index is 1220. The zero-order valence-electron chi connectivity index (χ0n) is 14.9. The Kier molecular flexibility index (Phi) is 6.64. The van der Waals surface area contributed by atoms with Crippen molar-refractivity contribution < 1.29 is 42.6 Å². The van der Waals surface area contributed by atoms with E-state index in [9.17, 15) is 33.2 Å². The number of carboxylic acid groups (broad SMARTS) is 1. The van der Waals surface area contributed by atoms with Crippen molar-refractivity contribution in [3.63, 3.8) is 0 Å². The van der Waals surface area contributed by atoms with Gasteiger partial charge in [-0.1, -0.05) is 0 Å². The lowest BCUT2D eigenvalue weighted by Crippen LogP contribution is -2.23. The molecule has 0 bridgehead atoms.